The molecule has 2 aromatic rings. The Kier molecular flexibility index (Phi) is 7.31. The molecular formula is C16H20N4O4. The Balaban J connectivity index is 0.000000413. The number of nitrogens with one attached hydrogen (secondary N) is 1. The molecule has 0 aliphatic rings. The average molecular weight is 332 g/mol. The summed E-state index contributed by atoms with van der Waals surface area (Å²) in [6, 6.07) is 4.17. The summed E-state index contributed by atoms with van der Waals surface area (Å²) in [6.45, 7) is 3.00. The molecule has 0 radical (unpaired) electrons. The van der Waals surface area contributed by atoms with Crippen molar-refractivity contribution in [3.8, 4) is 11.1 Å². The molecule has 0 saturated carbocycles. The van der Waals surface area contributed by atoms with Gasteiger partial charge < -0.3 is 21.3 Å². The van der Waals surface area contributed by atoms with Crippen molar-refractivity contribution < 1.29 is 19.8 Å². The molecule has 8 heteroatoms. The van der Waals surface area contributed by atoms with E-state index >= 15 is 0 Å². The quantitative estimate of drug-likeness (QED) is 0.645. The van der Waals surface area contributed by atoms with Gasteiger partial charge in [-0.05, 0) is 26.0 Å². The van der Waals surface area contributed by atoms with Crippen LogP contribution in [0.1, 0.15) is 13.8 Å². The van der Waals surface area contributed by atoms with Crippen LogP contribution in [0.5, 0.6) is 0 Å². The molecule has 128 valence electrons. The Labute approximate surface area is 139 Å². The molecule has 2 rings (SSSR count). The van der Waals surface area contributed by atoms with Gasteiger partial charge in [0, 0.05) is 29.7 Å². The topological polar surface area (TPSA) is 138 Å². The van der Waals surface area contributed by atoms with E-state index in [-0.39, 0.29) is 0 Å². The van der Waals surface area contributed by atoms with Gasteiger partial charge >= 0.3 is 11.9 Å². The number of carbonyl (C=O) groups is 2. The highest BCUT2D eigenvalue weighted by atomic mass is 16.4. The number of aliphatic carboxylic acids is 2. The highest BCUT2D eigenvalue weighted by Crippen LogP contribution is 2.26. The maximum atomic E-state index is 10.9. The lowest BCUT2D eigenvalue weighted by atomic mass is 10.1. The Morgan fingerprint density at radius 3 is 2.21 bits per heavy atom. The van der Waals surface area contributed by atoms with Crippen LogP contribution in [-0.2, 0) is 9.59 Å². The summed E-state index contributed by atoms with van der Waals surface area (Å²) in [5.41, 5.74) is 7.31. The van der Waals surface area contributed by atoms with Crippen molar-refractivity contribution in [2.75, 3.05) is 5.32 Å². The lowest BCUT2D eigenvalue weighted by Crippen LogP contribution is -2.25. The van der Waals surface area contributed by atoms with E-state index in [4.69, 9.17) is 15.9 Å². The van der Waals surface area contributed by atoms with Gasteiger partial charge in [-0.3, -0.25) is 19.6 Å². The number of anilines is 1. The van der Waals surface area contributed by atoms with Crippen molar-refractivity contribution in [3.05, 3.63) is 43.0 Å². The van der Waals surface area contributed by atoms with Gasteiger partial charge in [0.1, 0.15) is 12.1 Å². The predicted octanol–water partition coefficient (Wildman–Crippen LogP) is 1.45. The molecule has 2 heterocycles. The molecule has 0 unspecified atom stereocenters. The van der Waals surface area contributed by atoms with E-state index in [1.807, 2.05) is 18.2 Å². The zero-order valence-corrected chi connectivity index (χ0v) is 13.4. The number of rotatable bonds is 5. The zero-order valence-electron chi connectivity index (χ0n) is 13.4. The molecule has 0 amide bonds. The normalized spacial score (nSPS) is 12.3. The molecule has 0 saturated heterocycles. The molecule has 2 aromatic heterocycles. The van der Waals surface area contributed by atoms with Crippen LogP contribution in [0, 0.1) is 0 Å². The molecule has 5 N–H and O–H groups in total. The molecule has 0 fully saturated rings. The second-order valence-electron chi connectivity index (χ2n) is 4.99. The third-order valence-corrected chi connectivity index (χ3v) is 2.93. The van der Waals surface area contributed by atoms with Gasteiger partial charge in [0.25, 0.3) is 0 Å². The number of nitrogens with zero attached hydrogens (tertiary/aromatic N) is 2. The SMILES string of the molecule is C[C@H](N)C(=O)O.C[C@H](Nc1cnccc1-c1cccnc1)C(=O)O. The van der Waals surface area contributed by atoms with Gasteiger partial charge in [-0.25, -0.2) is 0 Å². The smallest absolute Gasteiger partial charge is 0.325 e. The van der Waals surface area contributed by atoms with Crippen molar-refractivity contribution in [1.82, 2.24) is 9.97 Å². The monoisotopic (exact) mass is 332 g/mol. The first-order valence-electron chi connectivity index (χ1n) is 7.15. The second kappa shape index (κ2) is 9.21. The summed E-state index contributed by atoms with van der Waals surface area (Å²) in [6.07, 6.45) is 6.70. The second-order valence-corrected chi connectivity index (χ2v) is 4.99. The van der Waals surface area contributed by atoms with Gasteiger partial charge in [0.05, 0.1) is 11.9 Å². The minimum Gasteiger partial charge on any atom is -0.480 e. The molecule has 24 heavy (non-hydrogen) atoms. The molecule has 0 aliphatic carbocycles. The van der Waals surface area contributed by atoms with Crippen molar-refractivity contribution in [2.45, 2.75) is 25.9 Å². The summed E-state index contributed by atoms with van der Waals surface area (Å²) in [5.74, 6) is -1.87. The molecule has 0 bridgehead atoms. The van der Waals surface area contributed by atoms with Crippen molar-refractivity contribution >= 4 is 17.6 Å². The maximum Gasteiger partial charge on any atom is 0.325 e. The average Bonchev–Trinajstić information content (AvgIpc) is 2.56. The van der Waals surface area contributed by atoms with Crippen molar-refractivity contribution in [2.24, 2.45) is 5.73 Å². The summed E-state index contributed by atoms with van der Waals surface area (Å²) in [5, 5.41) is 19.7. The number of pyridine rings is 2. The fourth-order valence-corrected chi connectivity index (χ4v) is 1.58. The molecule has 0 aliphatic heterocycles. The Morgan fingerprint density at radius 1 is 1.08 bits per heavy atom. The number of aromatic nitrogens is 2. The predicted molar refractivity (Wildman–Crippen MR) is 89.5 cm³/mol. The van der Waals surface area contributed by atoms with E-state index in [0.29, 0.717) is 5.69 Å². The number of hydrogen-bond acceptors (Lipinski definition) is 6. The lowest BCUT2D eigenvalue weighted by molar-refractivity contribution is -0.138. The molecule has 2 atom stereocenters. The van der Waals surface area contributed by atoms with Gasteiger partial charge in [-0.2, -0.15) is 0 Å². The molecular weight excluding hydrogens is 312 g/mol. The van der Waals surface area contributed by atoms with E-state index in [0.717, 1.165) is 11.1 Å². The van der Waals surface area contributed by atoms with E-state index < -0.39 is 24.0 Å². The summed E-state index contributed by atoms with van der Waals surface area (Å²) >= 11 is 0. The molecule has 0 spiro atoms. The minimum absolute atomic E-state index is 0.676. The summed E-state index contributed by atoms with van der Waals surface area (Å²) in [4.78, 5) is 28.5. The zero-order chi connectivity index (χ0) is 18.1. The number of hydrogen-bond donors (Lipinski definition) is 4. The highest BCUT2D eigenvalue weighted by molar-refractivity contribution is 5.82. The van der Waals surface area contributed by atoms with Crippen LogP contribution in [0.25, 0.3) is 11.1 Å². The third-order valence-electron chi connectivity index (χ3n) is 2.93. The summed E-state index contributed by atoms with van der Waals surface area (Å²) in [7, 11) is 0. The van der Waals surface area contributed by atoms with Crippen molar-refractivity contribution in [1.29, 1.82) is 0 Å². The fourth-order valence-electron chi connectivity index (χ4n) is 1.58. The van der Waals surface area contributed by atoms with Gasteiger partial charge in [0.15, 0.2) is 0 Å². The van der Waals surface area contributed by atoms with Crippen LogP contribution in [0.4, 0.5) is 5.69 Å². The Bertz CT molecular complexity index is 677. The van der Waals surface area contributed by atoms with E-state index in [9.17, 15) is 9.59 Å². The largest absolute Gasteiger partial charge is 0.480 e. The first-order chi connectivity index (χ1) is 11.3. The fraction of sp³-hybridized carbons (Fsp3) is 0.250. The minimum atomic E-state index is -0.963. The summed E-state index contributed by atoms with van der Waals surface area (Å²) < 4.78 is 0. The van der Waals surface area contributed by atoms with Crippen LogP contribution in [0.15, 0.2) is 43.0 Å². The highest BCUT2D eigenvalue weighted by Gasteiger charge is 2.13. The standard InChI is InChI=1S/C13H13N3O2.C3H7NO2/c1-9(13(17)18)16-12-8-15-6-4-11(12)10-3-2-5-14-7-10;1-2(4)3(5)6/h2-9,16H,1H3,(H,17,18);2H,4H2,1H3,(H,5,6)/t9-;2-/m00/s1. The first-order valence-corrected chi connectivity index (χ1v) is 7.15. The van der Waals surface area contributed by atoms with Gasteiger partial charge in [-0.1, -0.05) is 6.07 Å². The lowest BCUT2D eigenvalue weighted by Gasteiger charge is -2.14. The van der Waals surface area contributed by atoms with Crippen LogP contribution >= 0.6 is 0 Å². The maximum absolute atomic E-state index is 10.9. The van der Waals surface area contributed by atoms with E-state index in [1.54, 1.807) is 31.7 Å². The number of carboxylic acids is 2. The van der Waals surface area contributed by atoms with Crippen LogP contribution in [0.2, 0.25) is 0 Å². The first kappa shape index (κ1) is 19.0. The van der Waals surface area contributed by atoms with Crippen LogP contribution in [-0.4, -0.2) is 44.2 Å². The van der Waals surface area contributed by atoms with Crippen LogP contribution < -0.4 is 11.1 Å². The van der Waals surface area contributed by atoms with E-state index in [2.05, 4.69) is 15.3 Å². The van der Waals surface area contributed by atoms with Gasteiger partial charge in [-0.15, -0.1) is 0 Å². The van der Waals surface area contributed by atoms with E-state index in [1.165, 1.54) is 6.92 Å². The molecule has 0 aromatic carbocycles. The van der Waals surface area contributed by atoms with Crippen LogP contribution in [0.3, 0.4) is 0 Å². The van der Waals surface area contributed by atoms with Gasteiger partial charge in [0.2, 0.25) is 0 Å². The number of nitrogens with two attached hydrogens (primary N) is 1. The van der Waals surface area contributed by atoms with Crippen molar-refractivity contribution in [3.63, 3.8) is 0 Å². The third kappa shape index (κ3) is 6.01. The Hall–Kier alpha value is -3.00. The Morgan fingerprint density at radius 2 is 1.71 bits per heavy atom. The molecule has 8 nitrogen and oxygen atoms in total. The number of carboxylic acid groups (broad SMARTS) is 2.